The number of aliphatic hydroxyl groups is 5. The third kappa shape index (κ3) is 7.29. The van der Waals surface area contributed by atoms with Gasteiger partial charge in [-0.15, -0.1) is 0 Å². The van der Waals surface area contributed by atoms with Crippen molar-refractivity contribution in [2.75, 3.05) is 34.4 Å². The van der Waals surface area contributed by atoms with Gasteiger partial charge in [-0.25, -0.2) is 4.79 Å². The molecule has 1 aliphatic carbocycles. The summed E-state index contributed by atoms with van der Waals surface area (Å²) in [6.07, 6.45) is -12.2. The fourth-order valence-electron chi connectivity index (χ4n) is 4.94. The largest absolute Gasteiger partial charge is 0.481 e. The maximum absolute atomic E-state index is 12.9. The number of rotatable bonds is 11. The van der Waals surface area contributed by atoms with Crippen LogP contribution in [0.4, 0.5) is 23.1 Å². The van der Waals surface area contributed by atoms with E-state index in [2.05, 4.69) is 25.9 Å². The molecular weight excluding hydrogens is 602 g/mol. The Kier molecular flexibility index (Phi) is 10.2. The Morgan fingerprint density at radius 1 is 1.07 bits per heavy atom. The summed E-state index contributed by atoms with van der Waals surface area (Å²) in [6, 6.07) is 3.75. The molecule has 4 rings (SSSR count). The second-order valence-electron chi connectivity index (χ2n) is 10.5. The molecule has 1 fully saturated rings. The molecule has 1 aromatic heterocycles. The molecule has 6 atom stereocenters. The number of hydrogen-bond donors (Lipinski definition) is 11. The number of nitrogens with two attached hydrogens (primary N) is 1. The van der Waals surface area contributed by atoms with Crippen LogP contribution in [0, 0.1) is 0 Å². The van der Waals surface area contributed by atoms with E-state index in [1.807, 2.05) is 0 Å². The van der Waals surface area contributed by atoms with Crippen LogP contribution in [0.3, 0.4) is 0 Å². The lowest BCUT2D eigenvalue weighted by Gasteiger charge is -2.41. The molecule has 1 aliphatic heterocycles. The summed E-state index contributed by atoms with van der Waals surface area (Å²) >= 11 is 0. The highest BCUT2D eigenvalue weighted by atomic mass is 16.6. The van der Waals surface area contributed by atoms with E-state index < -0.39 is 85.0 Å². The Labute approximate surface area is 253 Å². The first-order valence-electron chi connectivity index (χ1n) is 13.7. The second-order valence-corrected chi connectivity index (χ2v) is 10.5. The number of ether oxygens (including phenoxy) is 1. The van der Waals surface area contributed by atoms with Crippen molar-refractivity contribution >= 4 is 47.4 Å². The monoisotopic (exact) mass is 635 g/mol. The van der Waals surface area contributed by atoms with E-state index >= 15 is 0 Å². The van der Waals surface area contributed by atoms with Gasteiger partial charge in [0.2, 0.25) is 12.4 Å². The molecule has 2 heterocycles. The van der Waals surface area contributed by atoms with Crippen molar-refractivity contribution in [3.05, 3.63) is 40.2 Å². The summed E-state index contributed by atoms with van der Waals surface area (Å²) in [7, 11) is 0. The van der Waals surface area contributed by atoms with Gasteiger partial charge in [-0.1, -0.05) is 0 Å². The van der Waals surface area contributed by atoms with E-state index in [9.17, 15) is 49.5 Å². The van der Waals surface area contributed by atoms with Crippen LogP contribution in [0.25, 0.3) is 0 Å². The molecule has 45 heavy (non-hydrogen) atoms. The highest BCUT2D eigenvalue weighted by Crippen LogP contribution is 2.26. The summed E-state index contributed by atoms with van der Waals surface area (Å²) in [5.41, 5.74) is 5.55. The Hall–Kier alpha value is -4.82. The first kappa shape index (κ1) is 33.1. The minimum atomic E-state index is -1.99. The number of aliphatic carboxylic acids is 1. The molecule has 0 bridgehead atoms. The predicted molar refractivity (Wildman–Crippen MR) is 153 cm³/mol. The van der Waals surface area contributed by atoms with Crippen LogP contribution >= 0.6 is 0 Å². The minimum Gasteiger partial charge on any atom is -0.481 e. The molecule has 0 saturated heterocycles. The van der Waals surface area contributed by atoms with E-state index in [1.165, 1.54) is 29.2 Å². The molecule has 2 amide bonds. The molecule has 12 N–H and O–H groups in total. The Balaban J connectivity index is 1.39. The van der Waals surface area contributed by atoms with Gasteiger partial charge in [0.15, 0.2) is 17.6 Å². The first-order chi connectivity index (χ1) is 21.3. The molecule has 1 aromatic carbocycles. The topological polar surface area (TPSA) is 310 Å². The zero-order valence-corrected chi connectivity index (χ0v) is 23.4. The number of carbonyl (C=O) groups excluding carboxylic acids is 3. The number of nitrogens with zero attached hydrogens (tertiary/aromatic N) is 2. The highest BCUT2D eigenvalue weighted by Gasteiger charge is 2.50. The minimum absolute atomic E-state index is 0.0118. The molecule has 0 radical (unpaired) electrons. The van der Waals surface area contributed by atoms with Crippen molar-refractivity contribution in [3.63, 3.8) is 0 Å². The fraction of sp³-hybridized carbons (Fsp3) is 0.462. The van der Waals surface area contributed by atoms with Crippen molar-refractivity contribution < 1.29 is 54.6 Å². The Bertz CT molecular complexity index is 1460. The number of aromatic nitrogens is 2. The second kappa shape index (κ2) is 13.9. The van der Waals surface area contributed by atoms with Gasteiger partial charge in [0.1, 0.15) is 36.6 Å². The number of nitrogens with one attached hydrogen (secondary N) is 4. The maximum Gasteiger partial charge on any atom is 0.329 e. The standard InChI is InChI=1S/C26H33N7O12/c27-26-31-22-15(24(43)32-26)33(9-34)12(8-29-22)7-28-11-3-1-10(2-4-11)23(42)30-13(5-6-14(35)36)25(44)45-21-19(40)17(38)16(37)18(39)20(21)41/h1-4,9,12-13,16-21,28,37-41H,5-8H2,(H,30,42)(H,35,36)(H4,27,29,31,32,43). The number of amides is 2. The molecule has 2 aliphatic rings. The number of esters is 1. The van der Waals surface area contributed by atoms with Crippen LogP contribution in [-0.4, -0.2) is 127 Å². The van der Waals surface area contributed by atoms with Crippen LogP contribution in [0.2, 0.25) is 0 Å². The van der Waals surface area contributed by atoms with E-state index in [-0.39, 0.29) is 36.1 Å². The summed E-state index contributed by atoms with van der Waals surface area (Å²) in [6.45, 7) is 0.430. The number of carboxylic acid groups (broad SMARTS) is 1. The number of nitrogen functional groups attached to an aromatic ring is 1. The number of fused-ring (bicyclic) bond motifs is 1. The van der Waals surface area contributed by atoms with Gasteiger partial charge < -0.3 is 62.0 Å². The third-order valence-corrected chi connectivity index (χ3v) is 7.43. The van der Waals surface area contributed by atoms with Crippen LogP contribution in [-0.2, 0) is 19.1 Å². The lowest BCUT2D eigenvalue weighted by Crippen LogP contribution is -2.65. The normalized spacial score (nSPS) is 26.5. The van der Waals surface area contributed by atoms with E-state index in [0.29, 0.717) is 12.1 Å². The zero-order chi connectivity index (χ0) is 33.0. The number of aliphatic hydroxyl groups excluding tert-OH is 5. The molecule has 0 spiro atoms. The number of hydrogen-bond acceptors (Lipinski definition) is 15. The maximum atomic E-state index is 12.9. The Morgan fingerprint density at radius 2 is 1.69 bits per heavy atom. The number of benzene rings is 1. The third-order valence-electron chi connectivity index (χ3n) is 7.43. The predicted octanol–water partition coefficient (Wildman–Crippen LogP) is -4.09. The fourth-order valence-corrected chi connectivity index (χ4v) is 4.94. The van der Waals surface area contributed by atoms with Crippen molar-refractivity contribution in [3.8, 4) is 0 Å². The van der Waals surface area contributed by atoms with Gasteiger partial charge in [0, 0.05) is 30.8 Å². The van der Waals surface area contributed by atoms with Crippen LogP contribution < -0.4 is 32.1 Å². The first-order valence-corrected chi connectivity index (χ1v) is 13.7. The average Bonchev–Trinajstić information content (AvgIpc) is 3.01. The number of carbonyl (C=O) groups is 4. The Morgan fingerprint density at radius 3 is 2.29 bits per heavy atom. The SMILES string of the molecule is Nc1nc2c(c(=O)[nH]1)N(C=O)C(CNc1ccc(C(=O)NC(CCC(=O)O)C(=O)OC3C(O)C(O)C(O)C(O)C3O)cc1)CN2. The zero-order valence-electron chi connectivity index (χ0n) is 23.4. The molecule has 19 nitrogen and oxygen atoms in total. The molecular formula is C26H33N7O12. The lowest BCUT2D eigenvalue weighted by atomic mass is 9.85. The smallest absolute Gasteiger partial charge is 0.329 e. The summed E-state index contributed by atoms with van der Waals surface area (Å²) in [5, 5.41) is 67.3. The lowest BCUT2D eigenvalue weighted by molar-refractivity contribution is -0.234. The van der Waals surface area contributed by atoms with E-state index in [1.54, 1.807) is 0 Å². The molecule has 19 heteroatoms. The van der Waals surface area contributed by atoms with Crippen LogP contribution in [0.15, 0.2) is 29.1 Å². The van der Waals surface area contributed by atoms with Crippen molar-refractivity contribution in [1.29, 1.82) is 0 Å². The number of aromatic amines is 1. The molecule has 1 saturated carbocycles. The van der Waals surface area contributed by atoms with Gasteiger partial charge >= 0.3 is 11.9 Å². The van der Waals surface area contributed by atoms with Crippen molar-refractivity contribution in [2.45, 2.75) is 61.5 Å². The quantitative estimate of drug-likeness (QED) is 0.0826. The molecule has 244 valence electrons. The van der Waals surface area contributed by atoms with Gasteiger partial charge in [-0.3, -0.25) is 24.2 Å². The van der Waals surface area contributed by atoms with Crippen LogP contribution in [0.5, 0.6) is 0 Å². The van der Waals surface area contributed by atoms with Gasteiger partial charge in [0.05, 0.1) is 6.04 Å². The summed E-state index contributed by atoms with van der Waals surface area (Å²) in [4.78, 5) is 68.7. The summed E-state index contributed by atoms with van der Waals surface area (Å²) < 4.78 is 5.04. The molecule has 2 aromatic rings. The van der Waals surface area contributed by atoms with Gasteiger partial charge in [-0.2, -0.15) is 4.98 Å². The van der Waals surface area contributed by atoms with E-state index in [0.717, 1.165) is 0 Å². The number of H-pyrrole nitrogens is 1. The van der Waals surface area contributed by atoms with Gasteiger partial charge in [-0.05, 0) is 30.7 Å². The number of anilines is 4. The average molecular weight is 636 g/mol. The highest BCUT2D eigenvalue weighted by molar-refractivity contribution is 5.97. The van der Waals surface area contributed by atoms with Crippen molar-refractivity contribution in [1.82, 2.24) is 15.3 Å². The van der Waals surface area contributed by atoms with E-state index in [4.69, 9.17) is 15.6 Å². The van der Waals surface area contributed by atoms with Gasteiger partial charge in [0.25, 0.3) is 11.5 Å². The number of carboxylic acids is 1. The molecule has 6 unspecified atom stereocenters. The summed E-state index contributed by atoms with van der Waals surface area (Å²) in [5.74, 6) is -3.30. The van der Waals surface area contributed by atoms with Crippen LogP contribution in [0.1, 0.15) is 23.2 Å². The van der Waals surface area contributed by atoms with Crippen molar-refractivity contribution in [2.24, 2.45) is 0 Å².